The van der Waals surface area contributed by atoms with Crippen LogP contribution in [0, 0.1) is 0 Å². The number of halogens is 3. The molecular formula is C31H33F3N4O7. The van der Waals surface area contributed by atoms with Crippen molar-refractivity contribution >= 4 is 23.7 Å². The van der Waals surface area contributed by atoms with Gasteiger partial charge in [0.05, 0.1) is 5.56 Å². The van der Waals surface area contributed by atoms with Crippen LogP contribution < -0.4 is 30.7 Å². The lowest BCUT2D eigenvalue weighted by Gasteiger charge is -2.13. The van der Waals surface area contributed by atoms with Crippen LogP contribution in [0.3, 0.4) is 0 Å². The summed E-state index contributed by atoms with van der Waals surface area (Å²) in [5.74, 6) is -3.14. The first-order valence-corrected chi connectivity index (χ1v) is 13.8. The Morgan fingerprint density at radius 2 is 1.31 bits per heavy atom. The van der Waals surface area contributed by atoms with E-state index < -0.39 is 37.1 Å². The maximum atomic E-state index is 13.0. The fraction of sp³-hybridized carbons (Fsp3) is 0.290. The van der Waals surface area contributed by atoms with Gasteiger partial charge >= 0.3 is 18.1 Å². The Labute approximate surface area is 257 Å². The Balaban J connectivity index is 1.68. The molecule has 14 heteroatoms. The third kappa shape index (κ3) is 12.2. The van der Waals surface area contributed by atoms with Gasteiger partial charge in [0.15, 0.2) is 13.2 Å². The average Bonchev–Trinajstić information content (AvgIpc) is 3.03. The van der Waals surface area contributed by atoms with Crippen molar-refractivity contribution in [2.45, 2.75) is 12.8 Å². The van der Waals surface area contributed by atoms with Crippen LogP contribution in [0.5, 0.6) is 11.5 Å². The summed E-state index contributed by atoms with van der Waals surface area (Å²) in [4.78, 5) is 48.1. The summed E-state index contributed by atoms with van der Waals surface area (Å²) in [6, 6.07) is 20.4. The van der Waals surface area contributed by atoms with Gasteiger partial charge in [0.2, 0.25) is 0 Å². The summed E-state index contributed by atoms with van der Waals surface area (Å²) >= 11 is 0. The van der Waals surface area contributed by atoms with Crippen LogP contribution in [0.25, 0.3) is 11.1 Å². The predicted octanol–water partition coefficient (Wildman–Crippen LogP) is 2.60. The summed E-state index contributed by atoms with van der Waals surface area (Å²) in [7, 11) is 1.76. The predicted molar refractivity (Wildman–Crippen MR) is 157 cm³/mol. The molecule has 0 aromatic heterocycles. The van der Waals surface area contributed by atoms with E-state index in [-0.39, 0.29) is 42.7 Å². The van der Waals surface area contributed by atoms with Gasteiger partial charge in [0.1, 0.15) is 18.1 Å². The summed E-state index contributed by atoms with van der Waals surface area (Å²) in [5.41, 5.74) is 2.10. The van der Waals surface area contributed by atoms with E-state index in [4.69, 9.17) is 14.2 Å². The number of alkyl halides is 3. The molecule has 3 aromatic rings. The summed E-state index contributed by atoms with van der Waals surface area (Å²) in [5, 5.41) is 9.62. The fourth-order valence-electron chi connectivity index (χ4n) is 3.74. The number of amides is 3. The number of rotatable bonds is 16. The van der Waals surface area contributed by atoms with Crippen LogP contribution >= 0.6 is 0 Å². The van der Waals surface area contributed by atoms with E-state index in [1.807, 2.05) is 30.3 Å². The van der Waals surface area contributed by atoms with Crippen molar-refractivity contribution in [1.82, 2.24) is 21.3 Å². The van der Waals surface area contributed by atoms with E-state index in [1.165, 1.54) is 6.07 Å². The van der Waals surface area contributed by atoms with Gasteiger partial charge < -0.3 is 35.5 Å². The first-order chi connectivity index (χ1) is 21.5. The molecule has 0 atom stereocenters. The number of hydrogen-bond donors (Lipinski definition) is 4. The Bertz CT molecular complexity index is 1450. The molecule has 240 valence electrons. The molecule has 0 spiro atoms. The van der Waals surface area contributed by atoms with Gasteiger partial charge in [-0.15, -0.1) is 0 Å². The molecule has 0 aliphatic carbocycles. The number of likely N-dealkylation sites (N-methyl/N-ethyl adjacent to an activating group) is 1. The zero-order chi connectivity index (χ0) is 32.7. The Hall–Kier alpha value is -5.11. The molecule has 11 nitrogen and oxygen atoms in total. The van der Waals surface area contributed by atoms with Crippen molar-refractivity contribution < 1.29 is 46.6 Å². The van der Waals surface area contributed by atoms with E-state index in [0.717, 1.165) is 5.56 Å². The van der Waals surface area contributed by atoms with Crippen molar-refractivity contribution in [3.05, 3.63) is 83.9 Å². The van der Waals surface area contributed by atoms with Gasteiger partial charge in [0.25, 0.3) is 11.8 Å². The van der Waals surface area contributed by atoms with Crippen LogP contribution in [0.2, 0.25) is 0 Å². The maximum absolute atomic E-state index is 13.0. The fourth-order valence-corrected chi connectivity index (χ4v) is 3.74. The second-order valence-electron chi connectivity index (χ2n) is 9.47. The molecule has 3 amide bonds. The number of nitrogens with one attached hydrogen (secondary N) is 4. The summed E-state index contributed by atoms with van der Waals surface area (Å²) < 4.78 is 53.4. The van der Waals surface area contributed by atoms with Gasteiger partial charge in [-0.25, -0.2) is 4.79 Å². The highest BCUT2D eigenvalue weighted by molar-refractivity contribution is 5.92. The molecule has 0 bridgehead atoms. The van der Waals surface area contributed by atoms with Crippen molar-refractivity contribution in [2.75, 3.05) is 46.4 Å². The zero-order valence-corrected chi connectivity index (χ0v) is 24.4. The monoisotopic (exact) mass is 630 g/mol. The quantitative estimate of drug-likeness (QED) is 0.140. The van der Waals surface area contributed by atoms with Gasteiger partial charge in [-0.3, -0.25) is 14.4 Å². The molecule has 4 N–H and O–H groups in total. The molecule has 0 radical (unpaired) electrons. The molecule has 0 aliphatic heterocycles. The summed E-state index contributed by atoms with van der Waals surface area (Å²) in [6.45, 7) is -0.329. The van der Waals surface area contributed by atoms with Crippen LogP contribution in [0.15, 0.2) is 72.8 Å². The van der Waals surface area contributed by atoms with Gasteiger partial charge in [-0.1, -0.05) is 42.5 Å². The number of esters is 1. The van der Waals surface area contributed by atoms with E-state index >= 15 is 0 Å². The minimum atomic E-state index is -5.01. The molecular weight excluding hydrogens is 597 g/mol. The molecule has 0 unspecified atom stereocenters. The summed E-state index contributed by atoms with van der Waals surface area (Å²) in [6.07, 6.45) is -5.01. The highest BCUT2D eigenvalue weighted by Crippen LogP contribution is 2.29. The topological polar surface area (TPSA) is 144 Å². The van der Waals surface area contributed by atoms with Gasteiger partial charge in [-0.2, -0.15) is 13.2 Å². The molecule has 3 rings (SSSR count). The first kappa shape index (κ1) is 34.4. The van der Waals surface area contributed by atoms with Crippen molar-refractivity contribution in [2.24, 2.45) is 0 Å². The Morgan fingerprint density at radius 1 is 0.689 bits per heavy atom. The highest BCUT2D eigenvalue weighted by Gasteiger charge is 2.38. The molecule has 0 fully saturated rings. The number of carbonyl (C=O) groups is 4. The normalized spacial score (nSPS) is 10.8. The zero-order valence-electron chi connectivity index (χ0n) is 24.4. The largest absolute Gasteiger partial charge is 0.484 e. The van der Waals surface area contributed by atoms with Crippen molar-refractivity contribution in [3.8, 4) is 22.6 Å². The molecule has 0 saturated heterocycles. The smallest absolute Gasteiger partial charge is 0.471 e. The average molecular weight is 631 g/mol. The Morgan fingerprint density at radius 3 is 1.98 bits per heavy atom. The third-order valence-corrected chi connectivity index (χ3v) is 5.95. The third-order valence-electron chi connectivity index (χ3n) is 5.95. The van der Waals surface area contributed by atoms with Crippen LogP contribution in [-0.4, -0.2) is 76.3 Å². The standard InChI is InChI=1S/C31H33F3N4O7/c1-35-10-11-36-28(40)20-44-26-16-23(14-24(17-26)29(41)45-18-21-6-3-2-4-7-21)22-8-5-9-25(15-22)43-19-27(39)37-12-13-38-30(42)31(32,33)34/h2-9,14-17,35H,10-13,18-20H2,1H3,(H,36,40)(H,37,39)(H,38,42). The molecule has 0 heterocycles. The second kappa shape index (κ2) is 17.3. The molecule has 0 saturated carbocycles. The number of carbonyl (C=O) groups excluding carboxylic acids is 4. The van der Waals surface area contributed by atoms with Crippen molar-refractivity contribution in [1.29, 1.82) is 0 Å². The highest BCUT2D eigenvalue weighted by atomic mass is 19.4. The lowest BCUT2D eigenvalue weighted by Crippen LogP contribution is -2.41. The minimum Gasteiger partial charge on any atom is -0.484 e. The minimum absolute atomic E-state index is 0.0497. The lowest BCUT2D eigenvalue weighted by atomic mass is 10.0. The van der Waals surface area contributed by atoms with Gasteiger partial charge in [0, 0.05) is 26.2 Å². The van der Waals surface area contributed by atoms with E-state index in [2.05, 4.69) is 16.0 Å². The van der Waals surface area contributed by atoms with Crippen LogP contribution in [0.1, 0.15) is 15.9 Å². The van der Waals surface area contributed by atoms with E-state index in [1.54, 1.807) is 48.8 Å². The first-order valence-electron chi connectivity index (χ1n) is 13.8. The number of benzene rings is 3. The van der Waals surface area contributed by atoms with E-state index in [0.29, 0.717) is 24.2 Å². The second-order valence-corrected chi connectivity index (χ2v) is 9.47. The molecule has 0 aliphatic rings. The SMILES string of the molecule is CNCCNC(=O)COc1cc(C(=O)OCc2ccccc2)cc(-c2cccc(OCC(=O)NCCNC(=O)C(F)(F)F)c2)c1. The number of ether oxygens (including phenoxy) is 3. The van der Waals surface area contributed by atoms with Gasteiger partial charge in [-0.05, 0) is 54.1 Å². The number of hydrogen-bond acceptors (Lipinski definition) is 8. The van der Waals surface area contributed by atoms with Crippen LogP contribution in [0.4, 0.5) is 13.2 Å². The maximum Gasteiger partial charge on any atom is 0.471 e. The molecule has 3 aromatic carbocycles. The lowest BCUT2D eigenvalue weighted by molar-refractivity contribution is -0.173. The van der Waals surface area contributed by atoms with Crippen molar-refractivity contribution in [3.63, 3.8) is 0 Å². The Kier molecular flexibility index (Phi) is 13.2. The van der Waals surface area contributed by atoms with E-state index in [9.17, 15) is 32.3 Å². The van der Waals surface area contributed by atoms with Crippen LogP contribution in [-0.2, 0) is 25.7 Å². The molecule has 45 heavy (non-hydrogen) atoms.